The third-order valence-corrected chi connectivity index (χ3v) is 3.85. The van der Waals surface area contributed by atoms with Crippen LogP contribution in [0.25, 0.3) is 0 Å². The summed E-state index contributed by atoms with van der Waals surface area (Å²) in [6.45, 7) is 4.54. The van der Waals surface area contributed by atoms with Gasteiger partial charge in [0, 0.05) is 17.1 Å². The first-order valence-corrected chi connectivity index (χ1v) is 8.24. The number of benzene rings is 2. The number of hydrogen-bond donors (Lipinski definition) is 1. The molecule has 3 nitrogen and oxygen atoms in total. The molecule has 0 aromatic heterocycles. The Kier molecular flexibility index (Phi) is 6.48. The second-order valence-corrected chi connectivity index (χ2v) is 5.86. The Bertz CT molecular complexity index is 670. The van der Waals surface area contributed by atoms with Crippen molar-refractivity contribution < 1.29 is 9.53 Å². The van der Waals surface area contributed by atoms with Crippen molar-refractivity contribution in [1.29, 1.82) is 0 Å². The zero-order valence-corrected chi connectivity index (χ0v) is 14.3. The van der Waals surface area contributed by atoms with E-state index in [2.05, 4.69) is 12.2 Å². The van der Waals surface area contributed by atoms with Crippen LogP contribution >= 0.6 is 11.6 Å². The lowest BCUT2D eigenvalue weighted by Crippen LogP contribution is -2.14. The van der Waals surface area contributed by atoms with Crippen LogP contribution in [0, 0.1) is 6.92 Å². The molecule has 0 aliphatic heterocycles. The quantitative estimate of drug-likeness (QED) is 0.724. The van der Waals surface area contributed by atoms with E-state index in [1.807, 2.05) is 43.3 Å². The molecular formula is C19H22ClNO2. The van der Waals surface area contributed by atoms with Crippen LogP contribution in [0.2, 0.25) is 5.02 Å². The van der Waals surface area contributed by atoms with Gasteiger partial charge in [-0.15, -0.1) is 0 Å². The lowest BCUT2D eigenvalue weighted by molar-refractivity contribution is -0.116. The van der Waals surface area contributed by atoms with E-state index in [0.717, 1.165) is 29.0 Å². The molecule has 0 heterocycles. The van der Waals surface area contributed by atoms with Crippen molar-refractivity contribution in [2.45, 2.75) is 33.1 Å². The molecule has 1 N–H and O–H groups in total. The molecular weight excluding hydrogens is 310 g/mol. The largest absolute Gasteiger partial charge is 0.493 e. The number of nitrogens with one attached hydrogen (secondary N) is 1. The van der Waals surface area contributed by atoms with Crippen LogP contribution in [-0.2, 0) is 11.2 Å². The number of anilines is 1. The highest BCUT2D eigenvalue weighted by Crippen LogP contribution is 2.22. The molecule has 0 radical (unpaired) electrons. The summed E-state index contributed by atoms with van der Waals surface area (Å²) in [6.07, 6.45) is 2.00. The maximum absolute atomic E-state index is 12.0. The molecule has 2 aromatic carbocycles. The number of ether oxygens (including phenoxy) is 1. The van der Waals surface area contributed by atoms with E-state index in [4.69, 9.17) is 16.3 Å². The van der Waals surface area contributed by atoms with Crippen LogP contribution in [0.15, 0.2) is 42.5 Å². The molecule has 4 heteroatoms. The van der Waals surface area contributed by atoms with E-state index < -0.39 is 0 Å². The smallest absolute Gasteiger partial charge is 0.224 e. The molecule has 122 valence electrons. The Labute approximate surface area is 142 Å². The zero-order valence-electron chi connectivity index (χ0n) is 13.6. The van der Waals surface area contributed by atoms with E-state index in [1.165, 1.54) is 0 Å². The fraction of sp³-hybridized carbons (Fsp3) is 0.316. The van der Waals surface area contributed by atoms with E-state index in [0.29, 0.717) is 24.5 Å². The van der Waals surface area contributed by atoms with Crippen LogP contribution in [0.1, 0.15) is 30.9 Å². The SMILES string of the molecule is CCc1ccccc1NC(=O)CCCOc1ccc(Cl)cc1C. The molecule has 0 bridgehead atoms. The highest BCUT2D eigenvalue weighted by atomic mass is 35.5. The summed E-state index contributed by atoms with van der Waals surface area (Å²) in [5.74, 6) is 0.827. The van der Waals surface area contributed by atoms with Gasteiger partial charge in [-0.1, -0.05) is 36.7 Å². The molecule has 2 rings (SSSR count). The van der Waals surface area contributed by atoms with Crippen molar-refractivity contribution in [3.8, 4) is 5.75 Å². The lowest BCUT2D eigenvalue weighted by Gasteiger charge is -2.11. The Morgan fingerprint density at radius 1 is 1.22 bits per heavy atom. The Morgan fingerprint density at radius 2 is 2.00 bits per heavy atom. The Hall–Kier alpha value is -2.00. The summed E-state index contributed by atoms with van der Waals surface area (Å²) in [4.78, 5) is 12.0. The van der Waals surface area contributed by atoms with Gasteiger partial charge in [0.15, 0.2) is 0 Å². The number of carbonyl (C=O) groups excluding carboxylic acids is 1. The van der Waals surface area contributed by atoms with Crippen molar-refractivity contribution in [2.75, 3.05) is 11.9 Å². The fourth-order valence-electron chi connectivity index (χ4n) is 2.35. The molecule has 0 aliphatic rings. The van der Waals surface area contributed by atoms with Gasteiger partial charge in [0.2, 0.25) is 5.91 Å². The third kappa shape index (κ3) is 5.29. The monoisotopic (exact) mass is 331 g/mol. The van der Waals surface area contributed by atoms with Crippen LogP contribution < -0.4 is 10.1 Å². The number of hydrogen-bond acceptors (Lipinski definition) is 2. The van der Waals surface area contributed by atoms with Gasteiger partial charge in [0.1, 0.15) is 5.75 Å². The Morgan fingerprint density at radius 3 is 2.74 bits per heavy atom. The highest BCUT2D eigenvalue weighted by Gasteiger charge is 2.06. The lowest BCUT2D eigenvalue weighted by atomic mass is 10.1. The van der Waals surface area contributed by atoms with Gasteiger partial charge in [0.25, 0.3) is 0 Å². The summed E-state index contributed by atoms with van der Waals surface area (Å²) in [6, 6.07) is 13.4. The van der Waals surface area contributed by atoms with Crippen LogP contribution in [0.5, 0.6) is 5.75 Å². The van der Waals surface area contributed by atoms with Crippen molar-refractivity contribution in [1.82, 2.24) is 0 Å². The summed E-state index contributed by atoms with van der Waals surface area (Å²) in [5.41, 5.74) is 3.04. The first kappa shape index (κ1) is 17.4. The second-order valence-electron chi connectivity index (χ2n) is 5.42. The van der Waals surface area contributed by atoms with Crippen LogP contribution in [-0.4, -0.2) is 12.5 Å². The van der Waals surface area contributed by atoms with Gasteiger partial charge in [-0.05, 0) is 55.2 Å². The first-order chi connectivity index (χ1) is 11.1. The maximum Gasteiger partial charge on any atom is 0.224 e. The summed E-state index contributed by atoms with van der Waals surface area (Å²) in [7, 11) is 0. The van der Waals surface area contributed by atoms with Gasteiger partial charge < -0.3 is 10.1 Å². The number of aryl methyl sites for hydroxylation is 2. The molecule has 1 amide bonds. The second kappa shape index (κ2) is 8.59. The van der Waals surface area contributed by atoms with Crippen molar-refractivity contribution in [2.24, 2.45) is 0 Å². The third-order valence-electron chi connectivity index (χ3n) is 3.62. The van der Waals surface area contributed by atoms with Crippen LogP contribution in [0.4, 0.5) is 5.69 Å². The van der Waals surface area contributed by atoms with Gasteiger partial charge in [-0.25, -0.2) is 0 Å². The predicted octanol–water partition coefficient (Wildman–Crippen LogP) is 5.01. The van der Waals surface area contributed by atoms with E-state index in [1.54, 1.807) is 6.07 Å². The average molecular weight is 332 g/mol. The van der Waals surface area contributed by atoms with E-state index in [9.17, 15) is 4.79 Å². The highest BCUT2D eigenvalue weighted by molar-refractivity contribution is 6.30. The molecule has 0 atom stereocenters. The minimum atomic E-state index is 0.0160. The standard InChI is InChI=1S/C19H22ClNO2/c1-3-15-7-4-5-8-17(15)21-19(22)9-6-12-23-18-11-10-16(20)13-14(18)2/h4-5,7-8,10-11,13H,3,6,9,12H2,1-2H3,(H,21,22). The number of rotatable bonds is 7. The Balaban J connectivity index is 1.76. The summed E-state index contributed by atoms with van der Waals surface area (Å²) >= 11 is 5.91. The van der Waals surface area contributed by atoms with Gasteiger partial charge in [0.05, 0.1) is 6.61 Å². The predicted molar refractivity (Wildman–Crippen MR) is 95.4 cm³/mol. The molecule has 0 aliphatic carbocycles. The zero-order chi connectivity index (χ0) is 16.7. The number of amides is 1. The number of para-hydroxylation sites is 1. The first-order valence-electron chi connectivity index (χ1n) is 7.87. The van der Waals surface area contributed by atoms with Crippen molar-refractivity contribution in [3.63, 3.8) is 0 Å². The van der Waals surface area contributed by atoms with E-state index in [-0.39, 0.29) is 5.91 Å². The molecule has 0 fully saturated rings. The summed E-state index contributed by atoms with van der Waals surface area (Å²) in [5, 5.41) is 3.67. The van der Waals surface area contributed by atoms with Gasteiger partial charge >= 0.3 is 0 Å². The van der Waals surface area contributed by atoms with Gasteiger partial charge in [-0.2, -0.15) is 0 Å². The maximum atomic E-state index is 12.0. The molecule has 0 unspecified atom stereocenters. The minimum Gasteiger partial charge on any atom is -0.493 e. The normalized spacial score (nSPS) is 10.4. The molecule has 0 saturated carbocycles. The number of carbonyl (C=O) groups is 1. The minimum absolute atomic E-state index is 0.0160. The topological polar surface area (TPSA) is 38.3 Å². The van der Waals surface area contributed by atoms with Gasteiger partial charge in [-0.3, -0.25) is 4.79 Å². The molecule has 2 aromatic rings. The van der Waals surface area contributed by atoms with Crippen molar-refractivity contribution in [3.05, 3.63) is 58.6 Å². The summed E-state index contributed by atoms with van der Waals surface area (Å²) < 4.78 is 5.70. The van der Waals surface area contributed by atoms with E-state index >= 15 is 0 Å². The van der Waals surface area contributed by atoms with Crippen LogP contribution in [0.3, 0.4) is 0 Å². The van der Waals surface area contributed by atoms with Crippen molar-refractivity contribution >= 4 is 23.2 Å². The average Bonchev–Trinajstić information content (AvgIpc) is 2.53. The number of halogens is 1. The molecule has 0 saturated heterocycles. The molecule has 0 spiro atoms. The fourth-order valence-corrected chi connectivity index (χ4v) is 2.58. The molecule has 23 heavy (non-hydrogen) atoms.